The molecule has 3 nitrogen and oxygen atoms in total. The lowest BCUT2D eigenvalue weighted by atomic mass is 10.5. The summed E-state index contributed by atoms with van der Waals surface area (Å²) in [5.41, 5.74) is 0. The predicted octanol–water partition coefficient (Wildman–Crippen LogP) is 7.21. The van der Waals surface area contributed by atoms with Gasteiger partial charge in [0.05, 0.1) is 13.2 Å². The van der Waals surface area contributed by atoms with Gasteiger partial charge in [-0.1, -0.05) is 13.8 Å². The molecule has 0 spiro atoms. The van der Waals surface area contributed by atoms with E-state index in [1.807, 2.05) is 0 Å². The van der Waals surface area contributed by atoms with Crippen LogP contribution in [0.4, 0.5) is 0 Å². The minimum atomic E-state index is -0.125. The van der Waals surface area contributed by atoms with Gasteiger partial charge in [0.2, 0.25) is 0 Å². The van der Waals surface area contributed by atoms with Gasteiger partial charge in [0.1, 0.15) is 0 Å². The first-order valence-corrected chi connectivity index (χ1v) is 8.12. The number of ether oxygens (including phenoxy) is 1. The van der Waals surface area contributed by atoms with Crippen molar-refractivity contribution in [3.8, 4) is 0 Å². The summed E-state index contributed by atoms with van der Waals surface area (Å²) < 4.78 is 5.13. The molecule has 0 aliphatic heterocycles. The summed E-state index contributed by atoms with van der Waals surface area (Å²) >= 11 is 0. The highest BCUT2D eigenvalue weighted by atomic mass is 16.5. The van der Waals surface area contributed by atoms with Crippen molar-refractivity contribution in [2.45, 2.75) is 26.7 Å². The Morgan fingerprint density at radius 1 is 0.444 bits per heavy atom. The van der Waals surface area contributed by atoms with Gasteiger partial charge >= 0.3 is 0 Å². The lowest BCUT2D eigenvalue weighted by molar-refractivity contribution is 0.135. The molecule has 0 bridgehead atoms. The second-order valence-corrected chi connectivity index (χ2v) is 2.06. The van der Waals surface area contributed by atoms with Gasteiger partial charge in [-0.3, -0.25) is 0 Å². The van der Waals surface area contributed by atoms with Crippen molar-refractivity contribution in [2.24, 2.45) is 0 Å². The Bertz CT molecular complexity index is 101. The van der Waals surface area contributed by atoms with Gasteiger partial charge in [-0.15, -0.1) is 105 Å². The fraction of sp³-hybridized carbons (Fsp3) is 0.333. The van der Waals surface area contributed by atoms with Crippen LogP contribution < -0.4 is 0 Å². The summed E-state index contributed by atoms with van der Waals surface area (Å²) in [6.45, 7) is 53.8. The van der Waals surface area contributed by atoms with E-state index < -0.39 is 0 Å². The van der Waals surface area contributed by atoms with Crippen molar-refractivity contribution in [2.75, 3.05) is 26.4 Å². The molecule has 0 aromatic heterocycles. The zero-order chi connectivity index (χ0) is 24.9. The fourth-order valence-corrected chi connectivity index (χ4v) is 0.391. The van der Waals surface area contributed by atoms with E-state index in [2.05, 4.69) is 119 Å². The highest BCUT2D eigenvalue weighted by molar-refractivity contribution is 4.25. The predicted molar refractivity (Wildman–Crippen MR) is 136 cm³/mol. The summed E-state index contributed by atoms with van der Waals surface area (Å²) in [5.74, 6) is 0. The Hall–Kier alpha value is -2.20. The number of aliphatic hydroxyl groups excluding tert-OH is 2. The molecule has 0 heterocycles. The molecule has 2 N–H and O–H groups in total. The number of aliphatic hydroxyl groups is 2. The van der Waals surface area contributed by atoms with Gasteiger partial charge in [0.15, 0.2) is 0 Å². The Labute approximate surface area is 173 Å². The third-order valence-electron chi connectivity index (χ3n) is 0.797. The second kappa shape index (κ2) is 537. The van der Waals surface area contributed by atoms with Crippen LogP contribution in [0, 0.1) is 0 Å². The summed E-state index contributed by atoms with van der Waals surface area (Å²) in [6.07, 6.45) is 2.28. The van der Waals surface area contributed by atoms with Crippen LogP contribution in [0.1, 0.15) is 26.7 Å². The molecule has 0 amide bonds. The summed E-state index contributed by atoms with van der Waals surface area (Å²) in [7, 11) is 0. The molecule has 0 radical (unpaired) electrons. The molecule has 0 aliphatic rings. The molecule has 0 atom stereocenters. The second-order valence-electron chi connectivity index (χ2n) is 2.06. The van der Waals surface area contributed by atoms with Crippen LogP contribution in [0.15, 0.2) is 105 Å². The lowest BCUT2D eigenvalue weighted by Crippen LogP contribution is -1.92. The molecule has 0 fully saturated rings. The van der Waals surface area contributed by atoms with Crippen LogP contribution >= 0.6 is 0 Å². The van der Waals surface area contributed by atoms with Gasteiger partial charge in [-0.25, -0.2) is 0 Å². The van der Waals surface area contributed by atoms with Gasteiger partial charge in [0.25, 0.3) is 0 Å². The topological polar surface area (TPSA) is 49.7 Å². The normalized spacial score (nSPS) is 4.74. The minimum Gasteiger partial charge on any atom is -0.394 e. The summed E-state index contributed by atoms with van der Waals surface area (Å²) in [6, 6.07) is 0. The Balaban J connectivity index is -0.0000000159. The van der Waals surface area contributed by atoms with E-state index in [1.165, 1.54) is 0 Å². The standard InChI is InChI=1S/C6H14O.C2H6O2.8C2H4/c1-3-5-7-6-4-2;3-1-2-4;8*1-2/h3-6H2,1-2H3;3-4H,1-2H2;8*1-2H2. The summed E-state index contributed by atoms with van der Waals surface area (Å²) in [5, 5.41) is 15.2. The average Bonchev–Trinajstić information content (AvgIpc) is 2.85. The lowest BCUT2D eigenvalue weighted by Gasteiger charge is -1.95. The van der Waals surface area contributed by atoms with Crippen LogP contribution in [0.25, 0.3) is 0 Å². The molecular formula is C24H52O3. The third-order valence-corrected chi connectivity index (χ3v) is 0.797. The molecule has 0 saturated carbocycles. The van der Waals surface area contributed by atoms with E-state index in [4.69, 9.17) is 14.9 Å². The number of hydrogen-bond acceptors (Lipinski definition) is 3. The SMILES string of the molecule is C=C.C=C.C=C.C=C.C=C.C=C.C=C.C=C.CCCOCCC.OCCO. The minimum absolute atomic E-state index is 0.125. The highest BCUT2D eigenvalue weighted by Gasteiger charge is 1.77. The van der Waals surface area contributed by atoms with Gasteiger partial charge in [0, 0.05) is 13.2 Å². The van der Waals surface area contributed by atoms with E-state index in [1.54, 1.807) is 0 Å². The average molecular weight is 389 g/mol. The number of rotatable bonds is 5. The first kappa shape index (κ1) is 64.1. The van der Waals surface area contributed by atoms with Gasteiger partial charge in [-0.05, 0) is 12.8 Å². The molecule has 0 aliphatic carbocycles. The maximum atomic E-state index is 7.62. The molecule has 0 rings (SSSR count). The van der Waals surface area contributed by atoms with E-state index in [0.717, 1.165) is 26.1 Å². The van der Waals surface area contributed by atoms with Crippen LogP contribution in [-0.4, -0.2) is 36.6 Å². The Morgan fingerprint density at radius 2 is 0.593 bits per heavy atom. The Morgan fingerprint density at radius 3 is 0.667 bits per heavy atom. The summed E-state index contributed by atoms with van der Waals surface area (Å²) in [4.78, 5) is 0. The molecule has 3 heteroatoms. The van der Waals surface area contributed by atoms with Crippen molar-refractivity contribution in [3.05, 3.63) is 105 Å². The van der Waals surface area contributed by atoms with Crippen molar-refractivity contribution < 1.29 is 14.9 Å². The molecule has 0 saturated heterocycles. The van der Waals surface area contributed by atoms with Crippen LogP contribution in [-0.2, 0) is 4.74 Å². The molecule has 166 valence electrons. The quantitative estimate of drug-likeness (QED) is 0.386. The van der Waals surface area contributed by atoms with Crippen LogP contribution in [0.3, 0.4) is 0 Å². The zero-order valence-electron chi connectivity index (χ0n) is 18.9. The first-order chi connectivity index (χ1) is 13.3. The third kappa shape index (κ3) is 1440. The maximum Gasteiger partial charge on any atom is 0.0662 e. The zero-order valence-corrected chi connectivity index (χ0v) is 18.9. The molecule has 0 aromatic rings. The fourth-order valence-electron chi connectivity index (χ4n) is 0.391. The highest BCUT2D eigenvalue weighted by Crippen LogP contribution is 1.81. The van der Waals surface area contributed by atoms with Gasteiger partial charge in [-0.2, -0.15) is 0 Å². The number of hydrogen-bond donors (Lipinski definition) is 2. The van der Waals surface area contributed by atoms with Crippen molar-refractivity contribution in [1.82, 2.24) is 0 Å². The van der Waals surface area contributed by atoms with E-state index >= 15 is 0 Å². The van der Waals surface area contributed by atoms with Crippen LogP contribution in [0.2, 0.25) is 0 Å². The van der Waals surface area contributed by atoms with Crippen molar-refractivity contribution >= 4 is 0 Å². The van der Waals surface area contributed by atoms with E-state index in [-0.39, 0.29) is 13.2 Å². The van der Waals surface area contributed by atoms with E-state index in [9.17, 15) is 0 Å². The van der Waals surface area contributed by atoms with Crippen molar-refractivity contribution in [1.29, 1.82) is 0 Å². The van der Waals surface area contributed by atoms with Gasteiger partial charge < -0.3 is 14.9 Å². The monoisotopic (exact) mass is 388 g/mol. The smallest absolute Gasteiger partial charge is 0.0662 e. The van der Waals surface area contributed by atoms with E-state index in [0.29, 0.717) is 0 Å². The molecule has 0 aromatic carbocycles. The largest absolute Gasteiger partial charge is 0.394 e. The maximum absolute atomic E-state index is 7.62. The van der Waals surface area contributed by atoms with Crippen LogP contribution in [0.5, 0.6) is 0 Å². The molecular weight excluding hydrogens is 336 g/mol. The van der Waals surface area contributed by atoms with Crippen molar-refractivity contribution in [3.63, 3.8) is 0 Å². The molecule has 0 unspecified atom stereocenters. The first-order valence-electron chi connectivity index (χ1n) is 8.12. The Kier molecular flexibility index (Phi) is 1280. The molecule has 27 heavy (non-hydrogen) atoms.